The molecule has 2 heterocycles. The predicted octanol–water partition coefficient (Wildman–Crippen LogP) is 9.18. The molecule has 0 N–H and O–H groups in total. The smallest absolute Gasteiger partial charge is 0.0488 e. The maximum absolute atomic E-state index is 3.46. The lowest BCUT2D eigenvalue weighted by atomic mass is 10.2. The molecule has 0 spiro atoms. The van der Waals surface area contributed by atoms with Crippen LogP contribution in [0.25, 0.3) is 42.7 Å². The summed E-state index contributed by atoms with van der Waals surface area (Å²) >= 11 is 5.29. The van der Waals surface area contributed by atoms with Gasteiger partial charge in [-0.1, -0.05) is 94.8 Å². The van der Waals surface area contributed by atoms with Crippen LogP contribution in [0.3, 0.4) is 0 Å². The fraction of sp³-hybridized carbons (Fsp3) is 0.0345. The molecule has 0 saturated carbocycles. The number of rotatable bonds is 2. The maximum Gasteiger partial charge on any atom is 0.0488 e. The Balaban J connectivity index is 0.000000139. The molecule has 0 unspecified atom stereocenters. The standard InChI is InChI=1S/C16H11BrS.C13H11N/c17-14-8-6-13(7-9-14)16-11-10-15(18-16)12-4-2-1-3-5-12;1-14-12-8-4-2-6-10(12)11-7-3-5-9-13(11)14/h1-11H;2-9H,1H3. The van der Waals surface area contributed by atoms with Gasteiger partial charge >= 0.3 is 0 Å². The lowest BCUT2D eigenvalue weighted by Gasteiger charge is -1.98. The Morgan fingerprint density at radius 1 is 0.531 bits per heavy atom. The van der Waals surface area contributed by atoms with Crippen LogP contribution in [0.15, 0.2) is 120 Å². The third kappa shape index (κ3) is 4.14. The predicted molar refractivity (Wildman–Crippen MR) is 143 cm³/mol. The topological polar surface area (TPSA) is 4.93 Å². The molecule has 0 atom stereocenters. The monoisotopic (exact) mass is 495 g/mol. The molecule has 3 heteroatoms. The molecule has 0 aliphatic rings. The average molecular weight is 496 g/mol. The largest absolute Gasteiger partial charge is 0.344 e. The molecule has 4 aromatic carbocycles. The number of nitrogens with zero attached hydrogens (tertiary/aromatic N) is 1. The van der Waals surface area contributed by atoms with Gasteiger partial charge in [0.05, 0.1) is 0 Å². The highest BCUT2D eigenvalue weighted by Gasteiger charge is 2.05. The highest BCUT2D eigenvalue weighted by molar-refractivity contribution is 9.10. The van der Waals surface area contributed by atoms with Crippen LogP contribution in [-0.4, -0.2) is 4.57 Å². The highest BCUT2D eigenvalue weighted by atomic mass is 79.9. The second-order valence-electron chi connectivity index (χ2n) is 7.63. The molecule has 2 aromatic heterocycles. The number of benzene rings is 4. The molecule has 0 bridgehead atoms. The van der Waals surface area contributed by atoms with Crippen molar-refractivity contribution in [2.24, 2.45) is 7.05 Å². The Morgan fingerprint density at radius 3 is 1.56 bits per heavy atom. The van der Waals surface area contributed by atoms with E-state index in [9.17, 15) is 0 Å². The van der Waals surface area contributed by atoms with E-state index in [0.29, 0.717) is 0 Å². The van der Waals surface area contributed by atoms with Crippen LogP contribution in [0.1, 0.15) is 0 Å². The van der Waals surface area contributed by atoms with Crippen LogP contribution in [0.5, 0.6) is 0 Å². The lowest BCUT2D eigenvalue weighted by Crippen LogP contribution is -1.84. The number of para-hydroxylation sites is 2. The molecular weight excluding hydrogens is 474 g/mol. The van der Waals surface area contributed by atoms with E-state index in [1.54, 1.807) is 0 Å². The number of aromatic nitrogens is 1. The first kappa shape index (κ1) is 20.7. The first-order valence-corrected chi connectivity index (χ1v) is 12.1. The number of aryl methyl sites for hydroxylation is 1. The van der Waals surface area contributed by atoms with E-state index in [2.05, 4.69) is 137 Å². The summed E-state index contributed by atoms with van der Waals surface area (Å²) in [6, 6.07) is 40.4. The molecule has 0 amide bonds. The van der Waals surface area contributed by atoms with Gasteiger partial charge in [-0.15, -0.1) is 11.3 Å². The molecule has 32 heavy (non-hydrogen) atoms. The van der Waals surface area contributed by atoms with Crippen LogP contribution in [0, 0.1) is 0 Å². The molecular formula is C29H22BrNS. The van der Waals surface area contributed by atoms with Gasteiger partial charge in [-0.05, 0) is 47.5 Å². The fourth-order valence-corrected chi connectivity index (χ4v) is 5.26. The van der Waals surface area contributed by atoms with Gasteiger partial charge in [0.1, 0.15) is 0 Å². The van der Waals surface area contributed by atoms with Crippen LogP contribution in [-0.2, 0) is 7.05 Å². The van der Waals surface area contributed by atoms with E-state index in [4.69, 9.17) is 0 Å². The minimum Gasteiger partial charge on any atom is -0.344 e. The summed E-state index contributed by atoms with van der Waals surface area (Å²) in [5, 5.41) is 2.68. The van der Waals surface area contributed by atoms with Crippen molar-refractivity contribution < 1.29 is 0 Å². The average Bonchev–Trinajstić information content (AvgIpc) is 3.45. The van der Waals surface area contributed by atoms with Gasteiger partial charge in [-0.3, -0.25) is 0 Å². The zero-order chi connectivity index (χ0) is 21.9. The van der Waals surface area contributed by atoms with E-state index in [0.717, 1.165) is 4.47 Å². The SMILES string of the molecule is Brc1ccc(-c2ccc(-c3ccccc3)s2)cc1.Cn1c2ccccc2c2ccccc21. The number of hydrogen-bond acceptors (Lipinski definition) is 1. The maximum atomic E-state index is 3.46. The van der Waals surface area contributed by atoms with Crippen LogP contribution in [0.2, 0.25) is 0 Å². The molecule has 6 rings (SSSR count). The van der Waals surface area contributed by atoms with E-state index in [1.165, 1.54) is 42.7 Å². The highest BCUT2D eigenvalue weighted by Crippen LogP contribution is 2.34. The Morgan fingerprint density at radius 2 is 1.00 bits per heavy atom. The number of thiophene rings is 1. The first-order valence-electron chi connectivity index (χ1n) is 10.5. The summed E-state index contributed by atoms with van der Waals surface area (Å²) < 4.78 is 3.36. The van der Waals surface area contributed by atoms with E-state index in [1.807, 2.05) is 17.4 Å². The Kier molecular flexibility index (Phi) is 5.93. The lowest BCUT2D eigenvalue weighted by molar-refractivity contribution is 1.01. The van der Waals surface area contributed by atoms with Crippen molar-refractivity contribution in [3.05, 3.63) is 120 Å². The quantitative estimate of drug-likeness (QED) is 0.225. The van der Waals surface area contributed by atoms with Gasteiger partial charge in [-0.25, -0.2) is 0 Å². The van der Waals surface area contributed by atoms with Crippen molar-refractivity contribution in [2.45, 2.75) is 0 Å². The summed E-state index contributed by atoms with van der Waals surface area (Å²) in [7, 11) is 2.12. The van der Waals surface area contributed by atoms with Crippen molar-refractivity contribution in [3.8, 4) is 20.9 Å². The van der Waals surface area contributed by atoms with Crippen molar-refractivity contribution >= 4 is 49.1 Å². The number of fused-ring (bicyclic) bond motifs is 3. The minimum absolute atomic E-state index is 1.12. The second-order valence-corrected chi connectivity index (χ2v) is 9.63. The van der Waals surface area contributed by atoms with E-state index >= 15 is 0 Å². The summed E-state index contributed by atoms with van der Waals surface area (Å²) in [6.07, 6.45) is 0. The molecule has 6 aromatic rings. The van der Waals surface area contributed by atoms with Gasteiger partial charge in [0.2, 0.25) is 0 Å². The summed E-state index contributed by atoms with van der Waals surface area (Å²) in [5.41, 5.74) is 5.15. The molecule has 0 fully saturated rings. The number of hydrogen-bond donors (Lipinski definition) is 0. The van der Waals surface area contributed by atoms with Crippen LogP contribution >= 0.6 is 27.3 Å². The Labute approximate surface area is 200 Å². The van der Waals surface area contributed by atoms with Gasteiger partial charge in [-0.2, -0.15) is 0 Å². The summed E-state index contributed by atoms with van der Waals surface area (Å²) in [6.45, 7) is 0. The molecule has 0 aliphatic carbocycles. The summed E-state index contributed by atoms with van der Waals surface area (Å²) in [4.78, 5) is 2.62. The molecule has 1 nitrogen and oxygen atoms in total. The Bertz CT molecular complexity index is 1420. The van der Waals surface area contributed by atoms with Gasteiger partial charge in [0.15, 0.2) is 0 Å². The van der Waals surface area contributed by atoms with Crippen molar-refractivity contribution in [1.82, 2.24) is 4.57 Å². The van der Waals surface area contributed by atoms with Crippen molar-refractivity contribution in [3.63, 3.8) is 0 Å². The Hall–Kier alpha value is -3.14. The minimum atomic E-state index is 1.12. The van der Waals surface area contributed by atoms with E-state index in [-0.39, 0.29) is 0 Å². The molecule has 0 radical (unpaired) electrons. The third-order valence-electron chi connectivity index (χ3n) is 5.61. The van der Waals surface area contributed by atoms with Gasteiger partial charge in [0.25, 0.3) is 0 Å². The van der Waals surface area contributed by atoms with Crippen molar-refractivity contribution in [2.75, 3.05) is 0 Å². The van der Waals surface area contributed by atoms with Crippen LogP contribution in [0.4, 0.5) is 0 Å². The second kappa shape index (κ2) is 9.15. The summed E-state index contributed by atoms with van der Waals surface area (Å²) in [5.74, 6) is 0. The van der Waals surface area contributed by atoms with Gasteiger partial charge in [0, 0.05) is 43.1 Å². The van der Waals surface area contributed by atoms with E-state index < -0.39 is 0 Å². The van der Waals surface area contributed by atoms with Crippen molar-refractivity contribution in [1.29, 1.82) is 0 Å². The zero-order valence-electron chi connectivity index (χ0n) is 17.7. The molecule has 156 valence electrons. The first-order chi connectivity index (χ1) is 15.7. The van der Waals surface area contributed by atoms with Gasteiger partial charge < -0.3 is 4.57 Å². The van der Waals surface area contributed by atoms with Crippen LogP contribution < -0.4 is 0 Å². The molecule has 0 aliphatic heterocycles. The normalized spacial score (nSPS) is 10.8. The molecule has 0 saturated heterocycles. The third-order valence-corrected chi connectivity index (χ3v) is 7.33. The number of halogens is 1. The zero-order valence-corrected chi connectivity index (χ0v) is 20.1. The fourth-order valence-electron chi connectivity index (χ4n) is 3.98.